The topological polar surface area (TPSA) is 29.3 Å². The molecular weight excluding hydrogens is 244 g/mol. The van der Waals surface area contributed by atoms with Gasteiger partial charge in [0.1, 0.15) is 0 Å². The molecule has 1 aromatic rings. The predicted molar refractivity (Wildman–Crippen MR) is 79.9 cm³/mol. The molecule has 2 nitrogen and oxygen atoms in total. The molecule has 0 radical (unpaired) electrons. The first-order valence-corrected chi connectivity index (χ1v) is 7.12. The summed E-state index contributed by atoms with van der Waals surface area (Å²) in [6.45, 7) is 5.22. The van der Waals surface area contributed by atoms with Crippen LogP contribution in [0.25, 0.3) is 0 Å². The third-order valence-electron chi connectivity index (χ3n) is 3.26. The Morgan fingerprint density at radius 1 is 1.22 bits per heavy atom. The van der Waals surface area contributed by atoms with E-state index in [1.54, 1.807) is 0 Å². The van der Waals surface area contributed by atoms with Crippen LogP contribution in [0.15, 0.2) is 24.3 Å². The summed E-state index contributed by atoms with van der Waals surface area (Å²) in [5.41, 5.74) is 6.87. The molecular formula is C15H25ClN2. The molecule has 0 aliphatic heterocycles. The van der Waals surface area contributed by atoms with Gasteiger partial charge >= 0.3 is 0 Å². The highest BCUT2D eigenvalue weighted by Crippen LogP contribution is 2.12. The average Bonchev–Trinajstić information content (AvgIpc) is 2.32. The SMILES string of the molecule is CC(CCN)CCCN(C)Cc1ccc(Cl)cc1. The van der Waals surface area contributed by atoms with Crippen LogP contribution in [0.2, 0.25) is 5.02 Å². The number of nitrogens with two attached hydrogens (primary N) is 1. The molecule has 3 heteroatoms. The summed E-state index contributed by atoms with van der Waals surface area (Å²) >= 11 is 5.87. The van der Waals surface area contributed by atoms with Crippen LogP contribution < -0.4 is 5.73 Å². The second-order valence-corrected chi connectivity index (χ2v) is 5.63. The molecule has 0 amide bonds. The summed E-state index contributed by atoms with van der Waals surface area (Å²) in [6, 6.07) is 8.09. The van der Waals surface area contributed by atoms with Crippen molar-refractivity contribution in [2.75, 3.05) is 20.1 Å². The number of nitrogens with zero attached hydrogens (tertiary/aromatic N) is 1. The Hall–Kier alpha value is -0.570. The number of halogens is 1. The molecule has 0 aliphatic rings. The summed E-state index contributed by atoms with van der Waals surface area (Å²) in [7, 11) is 2.17. The van der Waals surface area contributed by atoms with Crippen LogP contribution in [0, 0.1) is 5.92 Å². The van der Waals surface area contributed by atoms with Gasteiger partial charge in [-0.05, 0) is 63.0 Å². The number of rotatable bonds is 8. The Kier molecular flexibility index (Phi) is 7.33. The highest BCUT2D eigenvalue weighted by molar-refractivity contribution is 6.30. The van der Waals surface area contributed by atoms with E-state index in [2.05, 4.69) is 31.0 Å². The summed E-state index contributed by atoms with van der Waals surface area (Å²) in [5, 5.41) is 0.803. The van der Waals surface area contributed by atoms with E-state index in [-0.39, 0.29) is 0 Å². The van der Waals surface area contributed by atoms with Crippen molar-refractivity contribution in [2.24, 2.45) is 11.7 Å². The zero-order valence-corrected chi connectivity index (χ0v) is 12.3. The van der Waals surface area contributed by atoms with Crippen molar-refractivity contribution < 1.29 is 0 Å². The lowest BCUT2D eigenvalue weighted by molar-refractivity contribution is 0.306. The molecule has 0 fully saturated rings. The van der Waals surface area contributed by atoms with E-state index in [0.29, 0.717) is 0 Å². The lowest BCUT2D eigenvalue weighted by Gasteiger charge is -2.18. The quantitative estimate of drug-likeness (QED) is 0.781. The Bertz CT molecular complexity index is 324. The molecule has 102 valence electrons. The third kappa shape index (κ3) is 6.39. The summed E-state index contributed by atoms with van der Waals surface area (Å²) < 4.78 is 0. The Morgan fingerprint density at radius 2 is 1.89 bits per heavy atom. The molecule has 0 aromatic heterocycles. The van der Waals surface area contributed by atoms with Crippen LogP contribution in [-0.4, -0.2) is 25.0 Å². The standard InChI is InChI=1S/C15H25ClN2/c1-13(9-10-17)4-3-11-18(2)12-14-5-7-15(16)8-6-14/h5-8,13H,3-4,9-12,17H2,1-2H3. The van der Waals surface area contributed by atoms with E-state index < -0.39 is 0 Å². The maximum atomic E-state index is 5.87. The lowest BCUT2D eigenvalue weighted by Crippen LogP contribution is -2.19. The van der Waals surface area contributed by atoms with E-state index in [9.17, 15) is 0 Å². The monoisotopic (exact) mass is 268 g/mol. The zero-order chi connectivity index (χ0) is 13.4. The summed E-state index contributed by atoms with van der Waals surface area (Å²) in [6.07, 6.45) is 3.65. The normalized spacial score (nSPS) is 12.9. The van der Waals surface area contributed by atoms with Gasteiger partial charge in [0, 0.05) is 11.6 Å². The van der Waals surface area contributed by atoms with Crippen molar-refractivity contribution in [1.29, 1.82) is 0 Å². The maximum Gasteiger partial charge on any atom is 0.0406 e. The van der Waals surface area contributed by atoms with Gasteiger partial charge in [-0.1, -0.05) is 30.7 Å². The van der Waals surface area contributed by atoms with Crippen molar-refractivity contribution >= 4 is 11.6 Å². The molecule has 0 bridgehead atoms. The van der Waals surface area contributed by atoms with E-state index in [1.807, 2.05) is 12.1 Å². The first kappa shape index (κ1) is 15.5. The van der Waals surface area contributed by atoms with E-state index in [1.165, 1.54) is 18.4 Å². The molecule has 2 N–H and O–H groups in total. The minimum atomic E-state index is 0.749. The van der Waals surface area contributed by atoms with Crippen molar-refractivity contribution in [3.05, 3.63) is 34.9 Å². The lowest BCUT2D eigenvalue weighted by atomic mass is 10.0. The minimum Gasteiger partial charge on any atom is -0.330 e. The molecule has 0 aliphatic carbocycles. The number of benzene rings is 1. The van der Waals surface area contributed by atoms with Gasteiger partial charge in [0.2, 0.25) is 0 Å². The molecule has 1 atom stereocenters. The smallest absolute Gasteiger partial charge is 0.0406 e. The summed E-state index contributed by atoms with van der Waals surface area (Å²) in [4.78, 5) is 2.36. The van der Waals surface area contributed by atoms with Gasteiger partial charge in [-0.25, -0.2) is 0 Å². The highest BCUT2D eigenvalue weighted by Gasteiger charge is 2.03. The minimum absolute atomic E-state index is 0.749. The van der Waals surface area contributed by atoms with Gasteiger partial charge in [-0.2, -0.15) is 0 Å². The Balaban J connectivity index is 2.21. The Morgan fingerprint density at radius 3 is 2.50 bits per heavy atom. The van der Waals surface area contributed by atoms with Crippen LogP contribution in [0.1, 0.15) is 31.7 Å². The average molecular weight is 269 g/mol. The van der Waals surface area contributed by atoms with Gasteiger partial charge in [-0.3, -0.25) is 0 Å². The summed E-state index contributed by atoms with van der Waals surface area (Å²) in [5.74, 6) is 0.749. The van der Waals surface area contributed by atoms with E-state index >= 15 is 0 Å². The molecule has 0 spiro atoms. The third-order valence-corrected chi connectivity index (χ3v) is 3.51. The van der Waals surface area contributed by atoms with Gasteiger partial charge in [-0.15, -0.1) is 0 Å². The van der Waals surface area contributed by atoms with Crippen LogP contribution in [0.4, 0.5) is 0 Å². The highest BCUT2D eigenvalue weighted by atomic mass is 35.5. The molecule has 1 aromatic carbocycles. The van der Waals surface area contributed by atoms with Crippen molar-refractivity contribution in [2.45, 2.75) is 32.7 Å². The van der Waals surface area contributed by atoms with Gasteiger partial charge in [0.25, 0.3) is 0 Å². The van der Waals surface area contributed by atoms with Crippen LogP contribution in [-0.2, 0) is 6.54 Å². The van der Waals surface area contributed by atoms with Gasteiger partial charge < -0.3 is 10.6 Å². The molecule has 0 saturated heterocycles. The van der Waals surface area contributed by atoms with Crippen molar-refractivity contribution in [3.63, 3.8) is 0 Å². The first-order chi connectivity index (χ1) is 8.61. The van der Waals surface area contributed by atoms with E-state index in [0.717, 1.165) is 37.0 Å². The molecule has 0 saturated carbocycles. The predicted octanol–water partition coefficient (Wildman–Crippen LogP) is 3.54. The first-order valence-electron chi connectivity index (χ1n) is 6.75. The van der Waals surface area contributed by atoms with Crippen LogP contribution in [0.3, 0.4) is 0 Å². The fourth-order valence-electron chi connectivity index (χ4n) is 2.12. The molecule has 18 heavy (non-hydrogen) atoms. The van der Waals surface area contributed by atoms with E-state index in [4.69, 9.17) is 17.3 Å². The number of hydrogen-bond acceptors (Lipinski definition) is 2. The van der Waals surface area contributed by atoms with Crippen molar-refractivity contribution in [3.8, 4) is 0 Å². The molecule has 1 unspecified atom stereocenters. The molecule has 1 rings (SSSR count). The largest absolute Gasteiger partial charge is 0.330 e. The van der Waals surface area contributed by atoms with Gasteiger partial charge in [0.05, 0.1) is 0 Å². The van der Waals surface area contributed by atoms with Crippen molar-refractivity contribution in [1.82, 2.24) is 4.90 Å². The van der Waals surface area contributed by atoms with Crippen LogP contribution >= 0.6 is 11.6 Å². The zero-order valence-electron chi connectivity index (χ0n) is 11.5. The maximum absolute atomic E-state index is 5.87. The number of hydrogen-bond donors (Lipinski definition) is 1. The molecule has 0 heterocycles. The van der Waals surface area contributed by atoms with Crippen LogP contribution in [0.5, 0.6) is 0 Å². The Labute approximate surface area is 116 Å². The fourth-order valence-corrected chi connectivity index (χ4v) is 2.25. The second-order valence-electron chi connectivity index (χ2n) is 5.19. The van der Waals surface area contributed by atoms with Gasteiger partial charge in [0.15, 0.2) is 0 Å². The second kappa shape index (κ2) is 8.52. The fraction of sp³-hybridized carbons (Fsp3) is 0.600.